The second-order valence-electron chi connectivity index (χ2n) is 2.26. The van der Waals surface area contributed by atoms with Crippen LogP contribution in [0, 0.1) is 0 Å². The highest BCUT2D eigenvalue weighted by molar-refractivity contribution is 8.23. The molecular weight excluding hydrogens is 127 g/mol. The third kappa shape index (κ3) is 0.876. The predicted octanol–water partition coefficient (Wildman–Crippen LogP) is 0.910. The molecule has 0 nitrogen and oxygen atoms in total. The molecule has 1 aromatic carbocycles. The number of benzene rings is 1. The lowest BCUT2D eigenvalue weighted by atomic mass is 9.91. The minimum absolute atomic E-state index is 1.22. The van der Waals surface area contributed by atoms with Crippen molar-refractivity contribution in [2.45, 2.75) is 5.75 Å². The fourth-order valence-corrected chi connectivity index (χ4v) is 2.22. The molecule has 1 aromatic rings. The van der Waals surface area contributed by atoms with Gasteiger partial charge in [-0.1, -0.05) is 29.7 Å². The minimum Gasteiger partial charge on any atom is -0.204 e. The average Bonchev–Trinajstić information content (AvgIpc) is 2.33. The molecular formula is C7H7BS. The summed E-state index contributed by atoms with van der Waals surface area (Å²) in [6.45, 7) is 1.22. The molecule has 0 fully saturated rings. The first-order chi connectivity index (χ1) is 4.47. The molecule has 0 radical (unpaired) electrons. The monoisotopic (exact) mass is 134 g/mol. The number of fused-ring (bicyclic) bond motifs is 1. The van der Waals surface area contributed by atoms with E-state index in [1.54, 1.807) is 0 Å². The molecule has 0 aliphatic carbocycles. The van der Waals surface area contributed by atoms with Crippen LogP contribution < -0.4 is 5.46 Å². The van der Waals surface area contributed by atoms with E-state index in [2.05, 4.69) is 24.3 Å². The van der Waals surface area contributed by atoms with Gasteiger partial charge >= 0.3 is 0 Å². The smallest absolute Gasteiger partial charge is 0.204 e. The van der Waals surface area contributed by atoms with Crippen LogP contribution in [0.3, 0.4) is 0 Å². The van der Waals surface area contributed by atoms with Crippen LogP contribution >= 0.6 is 11.6 Å². The van der Waals surface area contributed by atoms with Gasteiger partial charge in [0.1, 0.15) is 0 Å². The Morgan fingerprint density at radius 1 is 1.33 bits per heavy atom. The first-order valence-electron chi connectivity index (χ1n) is 3.11. The predicted molar refractivity (Wildman–Crippen MR) is 44.5 cm³/mol. The van der Waals surface area contributed by atoms with Gasteiger partial charge in [-0.15, -0.1) is 0 Å². The Balaban J connectivity index is 2.54. The Morgan fingerprint density at radius 3 is 3.11 bits per heavy atom. The minimum atomic E-state index is 1.22. The first-order valence-corrected chi connectivity index (χ1v) is 4.27. The Bertz CT molecular complexity index is 199. The highest BCUT2D eigenvalue weighted by Crippen LogP contribution is 2.15. The zero-order chi connectivity index (χ0) is 6.10. The van der Waals surface area contributed by atoms with Gasteiger partial charge in [-0.2, -0.15) is 0 Å². The SMILES string of the molecule is B1SCc2ccccc21. The van der Waals surface area contributed by atoms with Crippen molar-refractivity contribution in [2.75, 3.05) is 0 Å². The van der Waals surface area contributed by atoms with Crippen LogP contribution in [0.25, 0.3) is 0 Å². The number of hydrogen-bond donors (Lipinski definition) is 0. The maximum absolute atomic E-state index is 2.22. The van der Waals surface area contributed by atoms with Crippen molar-refractivity contribution in [3.8, 4) is 0 Å². The van der Waals surface area contributed by atoms with Crippen molar-refractivity contribution < 1.29 is 0 Å². The summed E-state index contributed by atoms with van der Waals surface area (Å²) in [5, 5.41) is 0. The lowest BCUT2D eigenvalue weighted by molar-refractivity contribution is 1.48. The van der Waals surface area contributed by atoms with Gasteiger partial charge in [-0.05, 0) is 5.56 Å². The number of hydrogen-bond acceptors (Lipinski definition) is 1. The van der Waals surface area contributed by atoms with Crippen LogP contribution in [0.15, 0.2) is 24.3 Å². The second-order valence-corrected chi connectivity index (χ2v) is 3.25. The zero-order valence-corrected chi connectivity index (χ0v) is 5.95. The normalized spacial score (nSPS) is 14.7. The standard InChI is InChI=1S/C7H7BS/c1-2-4-7-6(3-1)5-9-8-7/h1-4,8H,5H2. The van der Waals surface area contributed by atoms with Crippen molar-refractivity contribution in [1.82, 2.24) is 0 Å². The van der Waals surface area contributed by atoms with E-state index in [1.165, 1.54) is 23.3 Å². The molecule has 9 heavy (non-hydrogen) atoms. The zero-order valence-electron chi connectivity index (χ0n) is 5.13. The summed E-state index contributed by atoms with van der Waals surface area (Å²) in [5.41, 5.74) is 3.06. The van der Waals surface area contributed by atoms with E-state index in [0.717, 1.165) is 0 Å². The highest BCUT2D eigenvalue weighted by atomic mass is 32.2. The van der Waals surface area contributed by atoms with Crippen LogP contribution in [0.1, 0.15) is 5.56 Å². The van der Waals surface area contributed by atoms with Gasteiger partial charge in [-0.3, -0.25) is 0 Å². The lowest BCUT2D eigenvalue weighted by Gasteiger charge is -1.92. The van der Waals surface area contributed by atoms with Crippen molar-refractivity contribution in [1.29, 1.82) is 0 Å². The van der Waals surface area contributed by atoms with E-state index in [9.17, 15) is 0 Å². The van der Waals surface area contributed by atoms with Gasteiger partial charge in [-0.25, -0.2) is 11.6 Å². The summed E-state index contributed by atoms with van der Waals surface area (Å²) in [6, 6.07) is 8.67. The topological polar surface area (TPSA) is 0 Å². The van der Waals surface area contributed by atoms with E-state index in [-0.39, 0.29) is 0 Å². The van der Waals surface area contributed by atoms with Gasteiger partial charge in [0.05, 0.1) is 0 Å². The van der Waals surface area contributed by atoms with Crippen LogP contribution in [0.5, 0.6) is 0 Å². The summed E-state index contributed by atoms with van der Waals surface area (Å²) in [7, 11) is 0. The maximum Gasteiger partial charge on any atom is 0.225 e. The molecule has 0 spiro atoms. The molecule has 1 aliphatic heterocycles. The van der Waals surface area contributed by atoms with Crippen LogP contribution in [0.2, 0.25) is 0 Å². The largest absolute Gasteiger partial charge is 0.225 e. The van der Waals surface area contributed by atoms with E-state index in [0.29, 0.717) is 0 Å². The molecule has 0 atom stereocenters. The fraction of sp³-hybridized carbons (Fsp3) is 0.143. The highest BCUT2D eigenvalue weighted by Gasteiger charge is 2.09. The molecule has 2 rings (SSSR count). The molecule has 1 aliphatic rings. The van der Waals surface area contributed by atoms with Crippen LogP contribution in [-0.4, -0.2) is 6.56 Å². The van der Waals surface area contributed by atoms with Crippen molar-refractivity contribution >= 4 is 23.6 Å². The van der Waals surface area contributed by atoms with Crippen molar-refractivity contribution in [3.63, 3.8) is 0 Å². The Labute approximate surface area is 59.8 Å². The van der Waals surface area contributed by atoms with Gasteiger partial charge in [0.15, 0.2) is 0 Å². The fourth-order valence-electron chi connectivity index (χ4n) is 1.11. The summed E-state index contributed by atoms with van der Waals surface area (Å²) in [4.78, 5) is 0. The molecule has 0 bridgehead atoms. The molecule has 0 amide bonds. The summed E-state index contributed by atoms with van der Waals surface area (Å²) >= 11 is 2.00. The molecule has 0 aromatic heterocycles. The Morgan fingerprint density at radius 2 is 2.22 bits per heavy atom. The van der Waals surface area contributed by atoms with Crippen molar-refractivity contribution in [2.24, 2.45) is 0 Å². The number of rotatable bonds is 0. The summed E-state index contributed by atoms with van der Waals surface area (Å²) in [6.07, 6.45) is 0. The third-order valence-corrected chi connectivity index (χ3v) is 2.66. The lowest BCUT2D eigenvalue weighted by Crippen LogP contribution is -2.07. The molecule has 44 valence electrons. The second kappa shape index (κ2) is 2.11. The van der Waals surface area contributed by atoms with E-state index in [4.69, 9.17) is 0 Å². The summed E-state index contributed by atoms with van der Waals surface area (Å²) < 4.78 is 0. The molecule has 0 unspecified atom stereocenters. The van der Waals surface area contributed by atoms with E-state index in [1.807, 2.05) is 11.6 Å². The quantitative estimate of drug-likeness (QED) is 0.475. The molecule has 0 N–H and O–H groups in total. The van der Waals surface area contributed by atoms with Gasteiger partial charge < -0.3 is 0 Å². The Kier molecular flexibility index (Phi) is 1.27. The Hall–Kier alpha value is -0.365. The van der Waals surface area contributed by atoms with E-state index < -0.39 is 0 Å². The molecule has 0 saturated heterocycles. The maximum atomic E-state index is 2.22. The van der Waals surface area contributed by atoms with Gasteiger partial charge in [0, 0.05) is 5.75 Å². The van der Waals surface area contributed by atoms with Crippen LogP contribution in [-0.2, 0) is 5.75 Å². The first kappa shape index (κ1) is 5.42. The molecule has 0 saturated carbocycles. The van der Waals surface area contributed by atoms with E-state index >= 15 is 0 Å². The molecule has 1 heterocycles. The van der Waals surface area contributed by atoms with Crippen molar-refractivity contribution in [3.05, 3.63) is 29.8 Å². The summed E-state index contributed by atoms with van der Waals surface area (Å²) in [5.74, 6) is 1.22. The van der Waals surface area contributed by atoms with Crippen LogP contribution in [0.4, 0.5) is 0 Å². The average molecular weight is 134 g/mol. The third-order valence-electron chi connectivity index (χ3n) is 1.63. The van der Waals surface area contributed by atoms with Gasteiger partial charge in [0.2, 0.25) is 6.56 Å². The molecule has 2 heteroatoms. The van der Waals surface area contributed by atoms with Gasteiger partial charge in [0.25, 0.3) is 0 Å².